The molecular formula is C13H26N2O3. The third-order valence-electron chi connectivity index (χ3n) is 3.26. The number of carbonyl (C=O) groups is 1. The maximum Gasteiger partial charge on any atom is 0.336 e. The first kappa shape index (κ1) is 15.4. The fraction of sp³-hybridized carbons (Fsp3) is 0.923. The lowest BCUT2D eigenvalue weighted by atomic mass is 10.0. The SMILES string of the molecule is CC(C)CN(CC1CCCN1)CC(C)(O)C(=O)O. The molecule has 0 aliphatic carbocycles. The highest BCUT2D eigenvalue weighted by atomic mass is 16.4. The summed E-state index contributed by atoms with van der Waals surface area (Å²) in [5.74, 6) is -0.702. The molecule has 1 aliphatic rings. The number of nitrogens with one attached hydrogen (secondary N) is 1. The lowest BCUT2D eigenvalue weighted by molar-refractivity contribution is -0.158. The van der Waals surface area contributed by atoms with E-state index in [4.69, 9.17) is 5.11 Å². The van der Waals surface area contributed by atoms with E-state index in [-0.39, 0.29) is 6.54 Å². The van der Waals surface area contributed by atoms with E-state index in [1.807, 2.05) is 0 Å². The molecule has 1 heterocycles. The number of carboxylic acids is 1. The summed E-state index contributed by atoms with van der Waals surface area (Å²) in [5, 5.41) is 22.3. The maximum atomic E-state index is 11.0. The highest BCUT2D eigenvalue weighted by Crippen LogP contribution is 2.13. The minimum Gasteiger partial charge on any atom is -0.479 e. The summed E-state index contributed by atoms with van der Waals surface area (Å²) in [6.45, 7) is 8.40. The molecule has 1 rings (SSSR count). The Morgan fingerprint density at radius 2 is 2.22 bits per heavy atom. The average molecular weight is 258 g/mol. The first-order valence-electron chi connectivity index (χ1n) is 6.73. The monoisotopic (exact) mass is 258 g/mol. The van der Waals surface area contributed by atoms with Gasteiger partial charge < -0.3 is 15.5 Å². The van der Waals surface area contributed by atoms with Gasteiger partial charge in [0.15, 0.2) is 5.60 Å². The van der Waals surface area contributed by atoms with E-state index in [1.165, 1.54) is 13.3 Å². The molecule has 0 spiro atoms. The predicted molar refractivity (Wildman–Crippen MR) is 70.6 cm³/mol. The fourth-order valence-electron chi connectivity index (χ4n) is 2.45. The second-order valence-electron chi connectivity index (χ2n) is 5.96. The van der Waals surface area contributed by atoms with Crippen molar-refractivity contribution in [3.8, 4) is 0 Å². The number of aliphatic hydroxyl groups is 1. The van der Waals surface area contributed by atoms with E-state index in [0.717, 1.165) is 26.1 Å². The van der Waals surface area contributed by atoms with Crippen molar-refractivity contribution in [3.63, 3.8) is 0 Å². The van der Waals surface area contributed by atoms with Crippen LogP contribution < -0.4 is 5.32 Å². The Balaban J connectivity index is 2.56. The van der Waals surface area contributed by atoms with Gasteiger partial charge in [-0.2, -0.15) is 0 Å². The number of hydrogen-bond donors (Lipinski definition) is 3. The number of rotatable bonds is 7. The van der Waals surface area contributed by atoms with Gasteiger partial charge in [0.2, 0.25) is 0 Å². The van der Waals surface area contributed by atoms with Crippen LogP contribution in [0.25, 0.3) is 0 Å². The van der Waals surface area contributed by atoms with Gasteiger partial charge in [-0.15, -0.1) is 0 Å². The second-order valence-corrected chi connectivity index (χ2v) is 5.96. The predicted octanol–water partition coefficient (Wildman–Crippen LogP) is 0.532. The van der Waals surface area contributed by atoms with E-state index in [2.05, 4.69) is 24.1 Å². The van der Waals surface area contributed by atoms with Crippen molar-refractivity contribution in [2.45, 2.75) is 45.3 Å². The third-order valence-corrected chi connectivity index (χ3v) is 3.26. The standard InChI is InChI=1S/C13H26N2O3/c1-10(2)7-15(8-11-5-4-6-14-11)9-13(3,18)12(16)17/h10-11,14,18H,4-9H2,1-3H3,(H,16,17). The molecule has 0 aromatic rings. The summed E-state index contributed by atoms with van der Waals surface area (Å²) in [7, 11) is 0. The minimum absolute atomic E-state index is 0.179. The van der Waals surface area contributed by atoms with E-state index in [9.17, 15) is 9.90 Å². The molecule has 1 fully saturated rings. The van der Waals surface area contributed by atoms with Crippen molar-refractivity contribution < 1.29 is 15.0 Å². The molecule has 106 valence electrons. The van der Waals surface area contributed by atoms with Crippen molar-refractivity contribution in [1.29, 1.82) is 0 Å². The highest BCUT2D eigenvalue weighted by molar-refractivity contribution is 5.76. The van der Waals surface area contributed by atoms with Gasteiger partial charge in [0.25, 0.3) is 0 Å². The Morgan fingerprint density at radius 3 is 2.67 bits per heavy atom. The van der Waals surface area contributed by atoms with Crippen LogP contribution in [0, 0.1) is 5.92 Å². The molecule has 1 aliphatic heterocycles. The lowest BCUT2D eigenvalue weighted by Crippen LogP contribution is -2.50. The van der Waals surface area contributed by atoms with Gasteiger partial charge in [0.1, 0.15) is 0 Å². The minimum atomic E-state index is -1.67. The van der Waals surface area contributed by atoms with Crippen LogP contribution in [-0.4, -0.2) is 58.9 Å². The molecule has 0 aromatic heterocycles. The van der Waals surface area contributed by atoms with Gasteiger partial charge in [0.05, 0.1) is 0 Å². The molecule has 5 heteroatoms. The van der Waals surface area contributed by atoms with Gasteiger partial charge >= 0.3 is 5.97 Å². The van der Waals surface area contributed by atoms with Crippen molar-refractivity contribution in [2.24, 2.45) is 5.92 Å². The van der Waals surface area contributed by atoms with E-state index in [0.29, 0.717) is 12.0 Å². The van der Waals surface area contributed by atoms with Gasteiger partial charge in [-0.3, -0.25) is 4.90 Å². The zero-order chi connectivity index (χ0) is 13.8. The third kappa shape index (κ3) is 4.92. The molecule has 0 radical (unpaired) electrons. The molecule has 18 heavy (non-hydrogen) atoms. The van der Waals surface area contributed by atoms with E-state index in [1.54, 1.807) is 0 Å². The highest BCUT2D eigenvalue weighted by Gasteiger charge is 2.33. The first-order chi connectivity index (χ1) is 8.31. The summed E-state index contributed by atoms with van der Waals surface area (Å²) >= 11 is 0. The summed E-state index contributed by atoms with van der Waals surface area (Å²) < 4.78 is 0. The molecule has 1 saturated heterocycles. The van der Waals surface area contributed by atoms with Gasteiger partial charge in [0, 0.05) is 25.7 Å². The molecule has 0 aromatic carbocycles. The largest absolute Gasteiger partial charge is 0.479 e. The second kappa shape index (κ2) is 6.50. The Kier molecular flexibility index (Phi) is 5.56. The first-order valence-corrected chi connectivity index (χ1v) is 6.73. The summed E-state index contributed by atoms with van der Waals surface area (Å²) in [5.41, 5.74) is -1.67. The molecule has 2 atom stereocenters. The molecule has 3 N–H and O–H groups in total. The van der Waals surface area contributed by atoms with Crippen LogP contribution >= 0.6 is 0 Å². The van der Waals surface area contributed by atoms with Crippen molar-refractivity contribution in [2.75, 3.05) is 26.2 Å². The summed E-state index contributed by atoms with van der Waals surface area (Å²) in [4.78, 5) is 13.0. The molecule has 0 saturated carbocycles. The Morgan fingerprint density at radius 1 is 1.56 bits per heavy atom. The molecule has 0 amide bonds. The molecule has 5 nitrogen and oxygen atoms in total. The number of nitrogens with zero attached hydrogens (tertiary/aromatic N) is 1. The van der Waals surface area contributed by atoms with Crippen LogP contribution in [0.5, 0.6) is 0 Å². The van der Waals surface area contributed by atoms with Gasteiger partial charge in [-0.25, -0.2) is 4.79 Å². The summed E-state index contributed by atoms with van der Waals surface area (Å²) in [6, 6.07) is 0.424. The average Bonchev–Trinajstić information content (AvgIpc) is 2.68. The lowest BCUT2D eigenvalue weighted by Gasteiger charge is -2.32. The molecule has 0 bridgehead atoms. The topological polar surface area (TPSA) is 72.8 Å². The van der Waals surface area contributed by atoms with Crippen LogP contribution in [0.4, 0.5) is 0 Å². The van der Waals surface area contributed by atoms with Crippen LogP contribution in [0.2, 0.25) is 0 Å². The van der Waals surface area contributed by atoms with Gasteiger partial charge in [-0.05, 0) is 32.2 Å². The van der Waals surface area contributed by atoms with E-state index >= 15 is 0 Å². The van der Waals surface area contributed by atoms with Crippen LogP contribution in [0.1, 0.15) is 33.6 Å². The van der Waals surface area contributed by atoms with Crippen LogP contribution in [0.3, 0.4) is 0 Å². The zero-order valence-electron chi connectivity index (χ0n) is 11.6. The zero-order valence-corrected chi connectivity index (χ0v) is 11.6. The van der Waals surface area contributed by atoms with Crippen LogP contribution in [0.15, 0.2) is 0 Å². The number of carboxylic acid groups (broad SMARTS) is 1. The smallest absolute Gasteiger partial charge is 0.336 e. The quantitative estimate of drug-likeness (QED) is 0.621. The van der Waals surface area contributed by atoms with Crippen molar-refractivity contribution in [1.82, 2.24) is 10.2 Å². The Labute approximate surface area is 109 Å². The van der Waals surface area contributed by atoms with E-state index < -0.39 is 11.6 Å². The molecule has 2 unspecified atom stereocenters. The fourth-order valence-corrected chi connectivity index (χ4v) is 2.45. The Bertz CT molecular complexity index is 273. The van der Waals surface area contributed by atoms with Gasteiger partial charge in [-0.1, -0.05) is 13.8 Å². The summed E-state index contributed by atoms with van der Waals surface area (Å²) in [6.07, 6.45) is 2.30. The molecular weight excluding hydrogens is 232 g/mol. The van der Waals surface area contributed by atoms with Crippen molar-refractivity contribution >= 4 is 5.97 Å². The normalized spacial score (nSPS) is 23.6. The number of aliphatic carboxylic acids is 1. The number of hydrogen-bond acceptors (Lipinski definition) is 4. The van der Waals surface area contributed by atoms with Crippen molar-refractivity contribution in [3.05, 3.63) is 0 Å². The van der Waals surface area contributed by atoms with Crippen LogP contribution in [-0.2, 0) is 4.79 Å². The Hall–Kier alpha value is -0.650. The maximum absolute atomic E-state index is 11.0.